The van der Waals surface area contributed by atoms with Crippen LogP contribution in [0.2, 0.25) is 0 Å². The lowest BCUT2D eigenvalue weighted by Crippen LogP contribution is -2.46. The number of nitrogens with one attached hydrogen (secondary N) is 1. The van der Waals surface area contributed by atoms with Crippen LogP contribution in [0.5, 0.6) is 11.5 Å². The van der Waals surface area contributed by atoms with E-state index in [-0.39, 0.29) is 24.9 Å². The highest BCUT2D eigenvalue weighted by Gasteiger charge is 2.37. The van der Waals surface area contributed by atoms with Gasteiger partial charge in [0.25, 0.3) is 0 Å². The molecule has 7 nitrogen and oxygen atoms in total. The Kier molecular flexibility index (Phi) is 4.75. The second-order valence-corrected chi connectivity index (χ2v) is 7.83. The van der Waals surface area contributed by atoms with E-state index in [1.165, 1.54) is 4.90 Å². The Bertz CT molecular complexity index is 832. The summed E-state index contributed by atoms with van der Waals surface area (Å²) in [7, 11) is 1.64. The van der Waals surface area contributed by atoms with Crippen LogP contribution in [0, 0.1) is 0 Å². The number of urea groups is 1. The second kappa shape index (κ2) is 7.07. The Morgan fingerprint density at radius 1 is 1.26 bits per heavy atom. The van der Waals surface area contributed by atoms with Crippen molar-refractivity contribution in [1.82, 2.24) is 10.2 Å². The molecule has 8 heteroatoms. The lowest BCUT2D eigenvalue weighted by Gasteiger charge is -2.34. The molecular formula is C19H21BrN2O5. The first-order valence-corrected chi connectivity index (χ1v) is 9.80. The van der Waals surface area contributed by atoms with Gasteiger partial charge in [0.1, 0.15) is 6.10 Å². The Hall–Kier alpha value is -2.22. The summed E-state index contributed by atoms with van der Waals surface area (Å²) in [6, 6.07) is 2.67. The standard InChI is InChI=1S/C19H21BrN2O5/c1-10-16(18(23)27-11-5-3-4-6-11)17(21-19(24)22(10)2)12-7-14-15(8-13(12)20)26-9-25-14/h7-8,11,17H,3-6,9H2,1-2H3,(H,21,24). The van der Waals surface area contributed by atoms with Crippen molar-refractivity contribution in [2.75, 3.05) is 13.8 Å². The van der Waals surface area contributed by atoms with E-state index in [0.717, 1.165) is 35.7 Å². The maximum absolute atomic E-state index is 13.0. The van der Waals surface area contributed by atoms with Crippen LogP contribution in [0.25, 0.3) is 0 Å². The number of allylic oxidation sites excluding steroid dienone is 1. The summed E-state index contributed by atoms with van der Waals surface area (Å²) in [4.78, 5) is 26.9. The summed E-state index contributed by atoms with van der Waals surface area (Å²) in [5, 5.41) is 2.90. The summed E-state index contributed by atoms with van der Waals surface area (Å²) in [6.45, 7) is 1.91. The molecule has 1 N–H and O–H groups in total. The first kappa shape index (κ1) is 18.2. The molecule has 2 amide bonds. The van der Waals surface area contributed by atoms with E-state index in [9.17, 15) is 9.59 Å². The third-order valence-corrected chi connectivity index (χ3v) is 6.04. The van der Waals surface area contributed by atoms with Crippen LogP contribution in [0.1, 0.15) is 44.2 Å². The van der Waals surface area contributed by atoms with Crippen LogP contribution in [0.3, 0.4) is 0 Å². The van der Waals surface area contributed by atoms with Gasteiger partial charge in [-0.15, -0.1) is 0 Å². The van der Waals surface area contributed by atoms with Gasteiger partial charge in [-0.05, 0) is 50.3 Å². The van der Waals surface area contributed by atoms with Gasteiger partial charge in [0.15, 0.2) is 11.5 Å². The Balaban J connectivity index is 1.73. The van der Waals surface area contributed by atoms with Crippen LogP contribution < -0.4 is 14.8 Å². The molecule has 1 aliphatic carbocycles. The van der Waals surface area contributed by atoms with E-state index >= 15 is 0 Å². The number of amides is 2. The van der Waals surface area contributed by atoms with Crippen molar-refractivity contribution in [1.29, 1.82) is 0 Å². The third-order valence-electron chi connectivity index (χ3n) is 5.35. The van der Waals surface area contributed by atoms with E-state index in [4.69, 9.17) is 14.2 Å². The monoisotopic (exact) mass is 436 g/mol. The van der Waals surface area contributed by atoms with Crippen LogP contribution in [0.15, 0.2) is 27.9 Å². The second-order valence-electron chi connectivity index (χ2n) is 6.98. The maximum Gasteiger partial charge on any atom is 0.338 e. The normalized spacial score (nSPS) is 22.3. The number of fused-ring (bicyclic) bond motifs is 1. The first-order valence-electron chi connectivity index (χ1n) is 9.00. The quantitative estimate of drug-likeness (QED) is 0.731. The Labute approximate surface area is 165 Å². The molecule has 144 valence electrons. The minimum Gasteiger partial charge on any atom is -0.459 e. The zero-order chi connectivity index (χ0) is 19.1. The average Bonchev–Trinajstić information content (AvgIpc) is 3.29. The SMILES string of the molecule is CC1=C(C(=O)OC2CCCC2)C(c2cc3c(cc2Br)OCO3)NC(=O)N1C. The van der Waals surface area contributed by atoms with Crippen molar-refractivity contribution in [3.05, 3.63) is 33.4 Å². The highest BCUT2D eigenvalue weighted by molar-refractivity contribution is 9.10. The van der Waals surface area contributed by atoms with Gasteiger partial charge in [-0.25, -0.2) is 9.59 Å². The molecule has 0 bridgehead atoms. The molecule has 4 rings (SSSR count). The number of hydrogen-bond acceptors (Lipinski definition) is 5. The van der Waals surface area contributed by atoms with Gasteiger partial charge in [-0.1, -0.05) is 15.9 Å². The predicted octanol–water partition coefficient (Wildman–Crippen LogP) is 3.63. The average molecular weight is 437 g/mol. The molecule has 1 saturated carbocycles. The minimum atomic E-state index is -0.633. The highest BCUT2D eigenvalue weighted by atomic mass is 79.9. The number of benzene rings is 1. The first-order chi connectivity index (χ1) is 13.0. The summed E-state index contributed by atoms with van der Waals surface area (Å²) < 4.78 is 17.3. The van der Waals surface area contributed by atoms with Crippen molar-refractivity contribution in [2.24, 2.45) is 0 Å². The molecule has 0 aromatic heterocycles. The smallest absolute Gasteiger partial charge is 0.338 e. The summed E-state index contributed by atoms with van der Waals surface area (Å²) >= 11 is 3.53. The molecule has 1 atom stereocenters. The predicted molar refractivity (Wildman–Crippen MR) is 100 cm³/mol. The fourth-order valence-electron chi connectivity index (χ4n) is 3.71. The highest BCUT2D eigenvalue weighted by Crippen LogP contribution is 2.42. The number of nitrogens with zero attached hydrogens (tertiary/aromatic N) is 1. The van der Waals surface area contributed by atoms with Gasteiger partial charge in [0.2, 0.25) is 6.79 Å². The minimum absolute atomic E-state index is 0.0541. The largest absolute Gasteiger partial charge is 0.459 e. The molecule has 2 heterocycles. The number of esters is 1. The number of carbonyl (C=O) groups is 2. The zero-order valence-electron chi connectivity index (χ0n) is 15.2. The lowest BCUT2D eigenvalue weighted by molar-refractivity contribution is -0.144. The molecule has 3 aliphatic rings. The molecule has 0 spiro atoms. The van der Waals surface area contributed by atoms with Crippen LogP contribution in [-0.2, 0) is 9.53 Å². The van der Waals surface area contributed by atoms with Gasteiger partial charge in [-0.2, -0.15) is 0 Å². The Morgan fingerprint density at radius 3 is 2.63 bits per heavy atom. The molecule has 0 saturated heterocycles. The van der Waals surface area contributed by atoms with Crippen molar-refractivity contribution >= 4 is 27.9 Å². The molecule has 2 aliphatic heterocycles. The van der Waals surface area contributed by atoms with E-state index in [0.29, 0.717) is 22.8 Å². The number of carbonyl (C=O) groups excluding carboxylic acids is 2. The van der Waals surface area contributed by atoms with Gasteiger partial charge in [0, 0.05) is 17.2 Å². The van der Waals surface area contributed by atoms with E-state index < -0.39 is 6.04 Å². The molecule has 27 heavy (non-hydrogen) atoms. The van der Waals surface area contributed by atoms with Gasteiger partial charge in [-0.3, -0.25) is 0 Å². The fraction of sp³-hybridized carbons (Fsp3) is 0.474. The molecule has 1 aromatic carbocycles. The summed E-state index contributed by atoms with van der Waals surface area (Å²) in [6.07, 6.45) is 3.87. The topological polar surface area (TPSA) is 77.1 Å². The van der Waals surface area contributed by atoms with Crippen molar-refractivity contribution < 1.29 is 23.8 Å². The maximum atomic E-state index is 13.0. The lowest BCUT2D eigenvalue weighted by atomic mass is 9.94. The molecular weight excluding hydrogens is 416 g/mol. The van der Waals surface area contributed by atoms with Crippen molar-refractivity contribution in [3.63, 3.8) is 0 Å². The van der Waals surface area contributed by atoms with Gasteiger partial charge in [0.05, 0.1) is 11.6 Å². The van der Waals surface area contributed by atoms with Crippen LogP contribution >= 0.6 is 15.9 Å². The van der Waals surface area contributed by atoms with Crippen molar-refractivity contribution in [3.8, 4) is 11.5 Å². The van der Waals surface area contributed by atoms with Crippen LogP contribution in [0.4, 0.5) is 4.79 Å². The van der Waals surface area contributed by atoms with Gasteiger partial charge < -0.3 is 24.4 Å². The van der Waals surface area contributed by atoms with E-state index in [1.54, 1.807) is 26.1 Å². The molecule has 1 unspecified atom stereocenters. The molecule has 0 radical (unpaired) electrons. The molecule has 1 fully saturated rings. The summed E-state index contributed by atoms with van der Waals surface area (Å²) in [5.41, 5.74) is 1.73. The number of rotatable bonds is 3. The van der Waals surface area contributed by atoms with E-state index in [2.05, 4.69) is 21.2 Å². The van der Waals surface area contributed by atoms with Crippen molar-refractivity contribution in [2.45, 2.75) is 44.8 Å². The number of ether oxygens (including phenoxy) is 3. The number of halogens is 1. The van der Waals surface area contributed by atoms with Crippen LogP contribution in [-0.4, -0.2) is 36.8 Å². The number of hydrogen-bond donors (Lipinski definition) is 1. The zero-order valence-corrected chi connectivity index (χ0v) is 16.8. The van der Waals surface area contributed by atoms with E-state index in [1.807, 2.05) is 0 Å². The fourth-order valence-corrected chi connectivity index (χ4v) is 4.26. The third kappa shape index (κ3) is 3.26. The Morgan fingerprint density at radius 2 is 1.93 bits per heavy atom. The van der Waals surface area contributed by atoms with Gasteiger partial charge >= 0.3 is 12.0 Å². The summed E-state index contributed by atoms with van der Waals surface area (Å²) in [5.74, 6) is 0.823. The molecule has 1 aromatic rings.